The van der Waals surface area contributed by atoms with E-state index in [4.69, 9.17) is 17.3 Å². The first kappa shape index (κ1) is 16.8. The van der Waals surface area contributed by atoms with Crippen LogP contribution in [0.3, 0.4) is 0 Å². The van der Waals surface area contributed by atoms with Gasteiger partial charge in [0.2, 0.25) is 0 Å². The Morgan fingerprint density at radius 1 is 1.26 bits per heavy atom. The minimum absolute atomic E-state index is 0.103. The molecule has 7 heteroatoms. The summed E-state index contributed by atoms with van der Waals surface area (Å²) in [4.78, 5) is 25.2. The Morgan fingerprint density at radius 2 is 1.87 bits per heavy atom. The molecule has 124 valence electrons. The van der Waals surface area contributed by atoms with Gasteiger partial charge in [-0.25, -0.2) is 9.59 Å². The molecule has 0 aliphatic carbocycles. The molecule has 5 nitrogen and oxygen atoms in total. The Bertz CT molecular complexity index is 618. The zero-order chi connectivity index (χ0) is 16.6. The molecule has 3 rings (SSSR count). The van der Waals surface area contributed by atoms with Crippen LogP contribution in [-0.4, -0.2) is 40.0 Å². The summed E-state index contributed by atoms with van der Waals surface area (Å²) in [5.41, 5.74) is 6.74. The summed E-state index contributed by atoms with van der Waals surface area (Å²) in [6.07, 6.45) is 3.11. The molecule has 0 spiro atoms. The molecular formula is C16H21ClN3O2S+. The molecule has 2 fully saturated rings. The van der Waals surface area contributed by atoms with Gasteiger partial charge in [0.05, 0.1) is 5.25 Å². The number of benzene rings is 1. The van der Waals surface area contributed by atoms with E-state index in [2.05, 4.69) is 0 Å². The molecular weight excluding hydrogens is 334 g/mol. The number of amides is 3. The predicted octanol–water partition coefficient (Wildman–Crippen LogP) is 3.93. The van der Waals surface area contributed by atoms with E-state index < -0.39 is 6.03 Å². The Labute approximate surface area is 145 Å². The number of carbonyl (C=O) groups excluding carboxylic acids is 2. The monoisotopic (exact) mass is 354 g/mol. The van der Waals surface area contributed by atoms with Crippen molar-refractivity contribution in [3.8, 4) is 0 Å². The van der Waals surface area contributed by atoms with Crippen molar-refractivity contribution in [2.75, 3.05) is 13.1 Å². The average molecular weight is 355 g/mol. The molecule has 0 aromatic heterocycles. The lowest BCUT2D eigenvalue weighted by Crippen LogP contribution is -2.70. The summed E-state index contributed by atoms with van der Waals surface area (Å²) < 4.78 is -0.363. The minimum atomic E-state index is -0.576. The van der Waals surface area contributed by atoms with Crippen LogP contribution in [0, 0.1) is 0 Å². The molecule has 3 unspecified atom stereocenters. The van der Waals surface area contributed by atoms with Crippen molar-refractivity contribution in [2.24, 2.45) is 5.73 Å². The lowest BCUT2D eigenvalue weighted by molar-refractivity contribution is -0.908. The number of thioether (sulfide) groups is 1. The fourth-order valence-corrected chi connectivity index (χ4v) is 5.19. The van der Waals surface area contributed by atoms with Crippen molar-refractivity contribution in [2.45, 2.75) is 37.5 Å². The highest BCUT2D eigenvalue weighted by Crippen LogP contribution is 2.49. The number of nitrogens with zero attached hydrogens (tertiary/aromatic N) is 2. The van der Waals surface area contributed by atoms with Crippen molar-refractivity contribution in [1.29, 1.82) is 0 Å². The Balaban J connectivity index is 1.98. The summed E-state index contributed by atoms with van der Waals surface area (Å²) in [6, 6.07) is 6.65. The topological polar surface area (TPSA) is 63.4 Å². The van der Waals surface area contributed by atoms with E-state index in [1.165, 1.54) is 11.8 Å². The Kier molecular flexibility index (Phi) is 4.69. The standard InChI is InChI=1S/C16H20ClN3O2S/c1-11-14(12-5-7-13(17)8-6-12)23-16(22)20(11,15(18)21)19-9-3-2-4-10-19/h5-8,11,14H,2-4,9-10H2,1H3,(H-,18,21)/p+1. The van der Waals surface area contributed by atoms with Crippen LogP contribution < -0.4 is 5.73 Å². The van der Waals surface area contributed by atoms with E-state index in [-0.39, 0.29) is 21.1 Å². The summed E-state index contributed by atoms with van der Waals surface area (Å²) in [5, 5.41) is 2.34. The van der Waals surface area contributed by atoms with Gasteiger partial charge in [0.25, 0.3) is 0 Å². The van der Waals surface area contributed by atoms with Gasteiger partial charge in [-0.05, 0) is 49.2 Å². The van der Waals surface area contributed by atoms with Gasteiger partial charge in [0.15, 0.2) is 0 Å². The van der Waals surface area contributed by atoms with E-state index in [1.54, 1.807) is 0 Å². The molecule has 3 atom stereocenters. The molecule has 3 amide bonds. The largest absolute Gasteiger partial charge is 0.442 e. The molecule has 2 aliphatic heterocycles. The third-order valence-corrected chi connectivity index (χ3v) is 6.50. The molecule has 2 N–H and O–H groups in total. The van der Waals surface area contributed by atoms with Crippen LogP contribution in [0.4, 0.5) is 9.59 Å². The second-order valence-electron chi connectivity index (χ2n) is 6.13. The number of quaternary nitrogens is 1. The molecule has 0 bridgehead atoms. The first-order valence-electron chi connectivity index (χ1n) is 7.88. The van der Waals surface area contributed by atoms with Crippen LogP contribution in [0.2, 0.25) is 5.02 Å². The van der Waals surface area contributed by atoms with Gasteiger partial charge in [0, 0.05) is 18.1 Å². The van der Waals surface area contributed by atoms with Gasteiger partial charge in [-0.1, -0.05) is 34.7 Å². The summed E-state index contributed by atoms with van der Waals surface area (Å²) >= 11 is 7.16. The Morgan fingerprint density at radius 3 is 2.43 bits per heavy atom. The highest BCUT2D eigenvalue weighted by atomic mass is 35.5. The van der Waals surface area contributed by atoms with E-state index in [9.17, 15) is 9.59 Å². The lowest BCUT2D eigenvalue weighted by atomic mass is 10.0. The number of urea groups is 1. The molecule has 2 heterocycles. The molecule has 2 aliphatic rings. The second-order valence-corrected chi connectivity index (χ2v) is 7.66. The van der Waals surface area contributed by atoms with Crippen molar-refractivity contribution < 1.29 is 14.2 Å². The van der Waals surface area contributed by atoms with Crippen molar-refractivity contribution >= 4 is 34.6 Å². The number of hydrogen-bond donors (Lipinski definition) is 1. The van der Waals surface area contributed by atoms with Crippen molar-refractivity contribution in [1.82, 2.24) is 5.01 Å². The van der Waals surface area contributed by atoms with Gasteiger partial charge in [-0.15, -0.1) is 5.01 Å². The van der Waals surface area contributed by atoms with E-state index in [0.29, 0.717) is 5.02 Å². The third kappa shape index (κ3) is 2.67. The number of imide groups is 1. The summed E-state index contributed by atoms with van der Waals surface area (Å²) in [5.74, 6) is 0. The maximum Gasteiger partial charge on any atom is 0.442 e. The zero-order valence-corrected chi connectivity index (χ0v) is 14.6. The maximum absolute atomic E-state index is 12.9. The minimum Gasteiger partial charge on any atom is -0.317 e. The highest BCUT2D eigenvalue weighted by molar-refractivity contribution is 8.13. The number of halogens is 1. The van der Waals surface area contributed by atoms with Crippen LogP contribution in [0.15, 0.2) is 24.3 Å². The van der Waals surface area contributed by atoms with Gasteiger partial charge in [-0.3, -0.25) is 0 Å². The molecule has 2 saturated heterocycles. The number of primary amides is 1. The normalized spacial score (nSPS) is 32.2. The molecule has 0 radical (unpaired) electrons. The number of rotatable bonds is 2. The highest BCUT2D eigenvalue weighted by Gasteiger charge is 2.63. The number of carbonyl (C=O) groups is 2. The SMILES string of the molecule is CC1C(c2ccc(Cl)cc2)SC(=O)[N+]1(C(N)=O)N1CCCCC1. The quantitative estimate of drug-likeness (QED) is 0.817. The van der Waals surface area contributed by atoms with E-state index in [1.807, 2.05) is 36.2 Å². The molecule has 23 heavy (non-hydrogen) atoms. The molecule has 1 aromatic rings. The number of hydrogen-bond acceptors (Lipinski definition) is 4. The van der Waals surface area contributed by atoms with Crippen molar-refractivity contribution in [3.63, 3.8) is 0 Å². The lowest BCUT2D eigenvalue weighted by Gasteiger charge is -2.41. The smallest absolute Gasteiger partial charge is 0.317 e. The first-order chi connectivity index (χ1) is 11.0. The van der Waals surface area contributed by atoms with Crippen LogP contribution in [0.25, 0.3) is 0 Å². The van der Waals surface area contributed by atoms with Gasteiger partial charge in [0.1, 0.15) is 6.04 Å². The first-order valence-corrected chi connectivity index (χ1v) is 9.14. The third-order valence-electron chi connectivity index (χ3n) is 4.85. The van der Waals surface area contributed by atoms with Crippen LogP contribution in [0.1, 0.15) is 37.0 Å². The van der Waals surface area contributed by atoms with Crippen LogP contribution in [-0.2, 0) is 0 Å². The van der Waals surface area contributed by atoms with E-state index in [0.717, 1.165) is 37.9 Å². The summed E-state index contributed by atoms with van der Waals surface area (Å²) in [7, 11) is 0. The number of piperidine rings is 1. The molecule has 0 saturated carbocycles. The Hall–Kier alpha value is -1.08. The number of nitrogens with two attached hydrogens (primary N) is 1. The molecule has 1 aromatic carbocycles. The van der Waals surface area contributed by atoms with Gasteiger partial charge in [-0.2, -0.15) is 0 Å². The van der Waals surface area contributed by atoms with Gasteiger partial charge >= 0.3 is 11.3 Å². The second kappa shape index (κ2) is 6.43. The van der Waals surface area contributed by atoms with Gasteiger partial charge < -0.3 is 5.73 Å². The zero-order valence-electron chi connectivity index (χ0n) is 13.1. The summed E-state index contributed by atoms with van der Waals surface area (Å²) in [6.45, 7) is 3.40. The van der Waals surface area contributed by atoms with Crippen LogP contribution >= 0.6 is 23.4 Å². The van der Waals surface area contributed by atoms with Crippen molar-refractivity contribution in [3.05, 3.63) is 34.9 Å². The fraction of sp³-hybridized carbons (Fsp3) is 0.500. The van der Waals surface area contributed by atoms with Crippen LogP contribution in [0.5, 0.6) is 0 Å². The average Bonchev–Trinajstić information content (AvgIpc) is 2.81. The predicted molar refractivity (Wildman–Crippen MR) is 91.9 cm³/mol. The van der Waals surface area contributed by atoms with E-state index >= 15 is 0 Å². The fourth-order valence-electron chi connectivity index (χ4n) is 3.64. The maximum atomic E-state index is 12.9.